The summed E-state index contributed by atoms with van der Waals surface area (Å²) in [5, 5.41) is 10.7. The molecule has 0 aliphatic heterocycles. The molecule has 0 saturated heterocycles. The van der Waals surface area contributed by atoms with Crippen molar-refractivity contribution in [2.75, 3.05) is 6.54 Å². The molecule has 1 rings (SSSR count). The van der Waals surface area contributed by atoms with E-state index in [-0.39, 0.29) is 17.8 Å². The van der Waals surface area contributed by atoms with Crippen molar-refractivity contribution >= 4 is 15.7 Å². The second kappa shape index (κ2) is 6.27. The highest BCUT2D eigenvalue weighted by Gasteiger charge is 2.18. The Morgan fingerprint density at radius 3 is 2.67 bits per heavy atom. The van der Waals surface area contributed by atoms with Crippen LogP contribution in [-0.2, 0) is 15.8 Å². The summed E-state index contributed by atoms with van der Waals surface area (Å²) in [6.45, 7) is 3.72. The predicted molar refractivity (Wildman–Crippen MR) is 68.5 cm³/mol. The van der Waals surface area contributed by atoms with Crippen LogP contribution >= 0.6 is 0 Å². The molecule has 0 heterocycles. The van der Waals surface area contributed by atoms with Crippen molar-refractivity contribution in [1.82, 2.24) is 4.72 Å². The first-order valence-electron chi connectivity index (χ1n) is 5.27. The Balaban J connectivity index is 2.84. The van der Waals surface area contributed by atoms with Gasteiger partial charge in [0.05, 0.1) is 10.7 Å². The third kappa shape index (κ3) is 4.27. The Morgan fingerprint density at radius 2 is 2.06 bits per heavy atom. The van der Waals surface area contributed by atoms with Crippen molar-refractivity contribution in [2.24, 2.45) is 0 Å². The molecule has 0 fully saturated rings. The first kappa shape index (κ1) is 14.3. The fraction of sp³-hybridized carbons (Fsp3) is 0.273. The molecule has 7 heteroatoms. The van der Waals surface area contributed by atoms with Gasteiger partial charge in [-0.2, -0.15) is 0 Å². The van der Waals surface area contributed by atoms with Crippen LogP contribution in [0.5, 0.6) is 0 Å². The van der Waals surface area contributed by atoms with Crippen molar-refractivity contribution in [1.29, 1.82) is 0 Å². The Morgan fingerprint density at radius 1 is 1.39 bits per heavy atom. The molecule has 6 nitrogen and oxygen atoms in total. The number of para-hydroxylation sites is 1. The normalized spacial score (nSPS) is 11.1. The lowest BCUT2D eigenvalue weighted by molar-refractivity contribution is -0.385. The van der Waals surface area contributed by atoms with Gasteiger partial charge in [-0.15, -0.1) is 6.58 Å². The zero-order valence-electron chi connectivity index (χ0n) is 9.70. The average molecular weight is 270 g/mol. The predicted octanol–water partition coefficient (Wildman–Crippen LogP) is 1.59. The Bertz CT molecular complexity index is 540. The van der Waals surface area contributed by atoms with E-state index in [1.165, 1.54) is 18.2 Å². The second-order valence-corrected chi connectivity index (χ2v) is 5.42. The molecular formula is C11H14N2O4S. The zero-order valence-corrected chi connectivity index (χ0v) is 10.5. The minimum absolute atomic E-state index is 0.175. The van der Waals surface area contributed by atoms with Gasteiger partial charge < -0.3 is 0 Å². The van der Waals surface area contributed by atoms with E-state index in [0.717, 1.165) is 0 Å². The molecule has 0 aliphatic carbocycles. The van der Waals surface area contributed by atoms with Crippen molar-refractivity contribution < 1.29 is 13.3 Å². The van der Waals surface area contributed by atoms with E-state index >= 15 is 0 Å². The maximum Gasteiger partial charge on any atom is 0.273 e. The quantitative estimate of drug-likeness (QED) is 0.352. The third-order valence-electron chi connectivity index (χ3n) is 2.20. The molecule has 98 valence electrons. The summed E-state index contributed by atoms with van der Waals surface area (Å²) in [6, 6.07) is 5.79. The summed E-state index contributed by atoms with van der Waals surface area (Å²) in [6.07, 6.45) is 2.10. The number of rotatable bonds is 7. The lowest BCUT2D eigenvalue weighted by atomic mass is 10.2. The number of nitro benzene ring substituents is 1. The van der Waals surface area contributed by atoms with Gasteiger partial charge in [0.2, 0.25) is 10.0 Å². The van der Waals surface area contributed by atoms with Gasteiger partial charge >= 0.3 is 0 Å². The molecule has 0 atom stereocenters. The lowest BCUT2D eigenvalue weighted by Crippen LogP contribution is -2.26. The Kier molecular flexibility index (Phi) is 4.99. The summed E-state index contributed by atoms with van der Waals surface area (Å²) in [4.78, 5) is 10.2. The van der Waals surface area contributed by atoms with E-state index in [1.54, 1.807) is 12.1 Å². The first-order chi connectivity index (χ1) is 8.46. The van der Waals surface area contributed by atoms with E-state index in [4.69, 9.17) is 0 Å². The number of hydrogen-bond acceptors (Lipinski definition) is 4. The molecule has 0 aliphatic rings. The van der Waals surface area contributed by atoms with Gasteiger partial charge in [-0.3, -0.25) is 10.1 Å². The molecule has 0 saturated carbocycles. The maximum absolute atomic E-state index is 11.7. The van der Waals surface area contributed by atoms with Gasteiger partial charge in [0.1, 0.15) is 0 Å². The van der Waals surface area contributed by atoms with E-state index in [2.05, 4.69) is 11.3 Å². The van der Waals surface area contributed by atoms with Crippen LogP contribution in [0.2, 0.25) is 0 Å². The largest absolute Gasteiger partial charge is 0.273 e. The highest BCUT2D eigenvalue weighted by Crippen LogP contribution is 2.19. The SMILES string of the molecule is C=CCCNS(=O)(=O)Cc1ccccc1[N+](=O)[O-]. The minimum Gasteiger partial charge on any atom is -0.258 e. The summed E-state index contributed by atoms with van der Waals surface area (Å²) >= 11 is 0. The average Bonchev–Trinajstić information content (AvgIpc) is 2.29. The molecule has 0 bridgehead atoms. The van der Waals surface area contributed by atoms with Gasteiger partial charge in [0.25, 0.3) is 5.69 Å². The van der Waals surface area contributed by atoms with Crippen LogP contribution in [0.1, 0.15) is 12.0 Å². The van der Waals surface area contributed by atoms with E-state index in [1.807, 2.05) is 0 Å². The molecule has 0 unspecified atom stereocenters. The monoisotopic (exact) mass is 270 g/mol. The Labute approximate surface area is 106 Å². The summed E-state index contributed by atoms with van der Waals surface area (Å²) < 4.78 is 25.7. The van der Waals surface area contributed by atoms with Crippen LogP contribution < -0.4 is 4.72 Å². The van der Waals surface area contributed by atoms with Gasteiger partial charge in [0.15, 0.2) is 0 Å². The van der Waals surface area contributed by atoms with E-state index in [0.29, 0.717) is 6.42 Å². The molecule has 0 radical (unpaired) electrons. The summed E-state index contributed by atoms with van der Waals surface area (Å²) in [7, 11) is -3.57. The molecular weight excluding hydrogens is 256 g/mol. The maximum atomic E-state index is 11.7. The van der Waals surface area contributed by atoms with Crippen LogP contribution in [-0.4, -0.2) is 19.9 Å². The summed E-state index contributed by atoms with van der Waals surface area (Å²) in [5.74, 6) is -0.401. The van der Waals surface area contributed by atoms with Gasteiger partial charge in [0, 0.05) is 18.2 Å². The number of sulfonamides is 1. The molecule has 0 aromatic heterocycles. The van der Waals surface area contributed by atoms with Crippen LogP contribution in [0.3, 0.4) is 0 Å². The van der Waals surface area contributed by atoms with Gasteiger partial charge in [-0.1, -0.05) is 24.3 Å². The van der Waals surface area contributed by atoms with E-state index in [9.17, 15) is 18.5 Å². The molecule has 18 heavy (non-hydrogen) atoms. The second-order valence-electron chi connectivity index (χ2n) is 3.62. The lowest BCUT2D eigenvalue weighted by Gasteiger charge is -2.06. The topological polar surface area (TPSA) is 89.3 Å². The van der Waals surface area contributed by atoms with Crippen LogP contribution in [0.15, 0.2) is 36.9 Å². The third-order valence-corrected chi connectivity index (χ3v) is 3.54. The first-order valence-corrected chi connectivity index (χ1v) is 6.92. The number of benzene rings is 1. The van der Waals surface area contributed by atoms with Crippen molar-refractivity contribution in [3.8, 4) is 0 Å². The molecule has 0 amide bonds. The van der Waals surface area contributed by atoms with E-state index < -0.39 is 20.7 Å². The number of hydrogen-bond donors (Lipinski definition) is 1. The number of nitrogens with zero attached hydrogens (tertiary/aromatic N) is 1. The van der Waals surface area contributed by atoms with Crippen LogP contribution in [0.25, 0.3) is 0 Å². The highest BCUT2D eigenvalue weighted by molar-refractivity contribution is 7.88. The fourth-order valence-electron chi connectivity index (χ4n) is 1.38. The van der Waals surface area contributed by atoms with Crippen molar-refractivity contribution in [3.63, 3.8) is 0 Å². The van der Waals surface area contributed by atoms with Crippen molar-refractivity contribution in [2.45, 2.75) is 12.2 Å². The number of nitrogens with one attached hydrogen (secondary N) is 1. The van der Waals surface area contributed by atoms with Gasteiger partial charge in [-0.05, 0) is 6.42 Å². The Hall–Kier alpha value is -1.73. The number of nitro groups is 1. The fourth-order valence-corrected chi connectivity index (χ4v) is 2.57. The van der Waals surface area contributed by atoms with Crippen molar-refractivity contribution in [3.05, 3.63) is 52.6 Å². The smallest absolute Gasteiger partial charge is 0.258 e. The highest BCUT2D eigenvalue weighted by atomic mass is 32.2. The zero-order chi connectivity index (χ0) is 13.6. The molecule has 0 spiro atoms. The van der Waals surface area contributed by atoms with Crippen LogP contribution in [0, 0.1) is 10.1 Å². The molecule has 1 aromatic rings. The van der Waals surface area contributed by atoms with Gasteiger partial charge in [-0.25, -0.2) is 13.1 Å². The molecule has 1 N–H and O–H groups in total. The standard InChI is InChI=1S/C11H14N2O4S/c1-2-3-8-12-18(16,17)9-10-6-4-5-7-11(10)13(14)15/h2,4-7,12H,1,3,8-9H2. The molecule has 1 aromatic carbocycles. The minimum atomic E-state index is -3.57. The summed E-state index contributed by atoms with van der Waals surface area (Å²) in [5.41, 5.74) is -0.0137. The van der Waals surface area contributed by atoms with Crippen LogP contribution in [0.4, 0.5) is 5.69 Å².